The first-order valence-corrected chi connectivity index (χ1v) is 10.4. The van der Waals surface area contributed by atoms with Gasteiger partial charge >= 0.3 is 6.09 Å². The highest BCUT2D eigenvalue weighted by Crippen LogP contribution is 2.18. The van der Waals surface area contributed by atoms with Crippen LogP contribution < -0.4 is 15.4 Å². The number of alkyl carbamates (subject to hydrolysis) is 1. The number of piperidine rings is 1. The minimum absolute atomic E-state index is 0.00779. The maximum atomic E-state index is 12.4. The van der Waals surface area contributed by atoms with E-state index in [-0.39, 0.29) is 31.0 Å². The van der Waals surface area contributed by atoms with Gasteiger partial charge in [0.1, 0.15) is 17.9 Å². The summed E-state index contributed by atoms with van der Waals surface area (Å²) in [6, 6.07) is 7.69. The van der Waals surface area contributed by atoms with Crippen LogP contribution in [0.4, 0.5) is 4.79 Å². The number of rotatable bonds is 7. The predicted molar refractivity (Wildman–Crippen MR) is 113 cm³/mol. The molecule has 0 bridgehead atoms. The van der Waals surface area contributed by atoms with Crippen molar-refractivity contribution in [2.24, 2.45) is 0 Å². The van der Waals surface area contributed by atoms with Crippen LogP contribution in [0.5, 0.6) is 5.75 Å². The predicted octanol–water partition coefficient (Wildman–Crippen LogP) is 2.26. The summed E-state index contributed by atoms with van der Waals surface area (Å²) in [7, 11) is 0. The third-order valence-corrected chi connectivity index (χ3v) is 4.71. The molecule has 2 N–H and O–H groups in total. The van der Waals surface area contributed by atoms with E-state index < -0.39 is 11.7 Å². The van der Waals surface area contributed by atoms with Gasteiger partial charge in [-0.25, -0.2) is 4.79 Å². The molecule has 8 heteroatoms. The van der Waals surface area contributed by atoms with Crippen molar-refractivity contribution in [2.45, 2.75) is 58.6 Å². The van der Waals surface area contributed by atoms with E-state index in [9.17, 15) is 14.4 Å². The number of ether oxygens (including phenoxy) is 2. The van der Waals surface area contributed by atoms with Crippen LogP contribution in [0.25, 0.3) is 0 Å². The molecule has 3 amide bonds. The Kier molecular flexibility index (Phi) is 8.50. The molecule has 0 atom stereocenters. The second-order valence-corrected chi connectivity index (χ2v) is 8.33. The molecule has 0 saturated carbocycles. The molecule has 0 aromatic heterocycles. The Morgan fingerprint density at radius 3 is 2.43 bits per heavy atom. The van der Waals surface area contributed by atoms with E-state index in [1.807, 2.05) is 31.2 Å². The number of amides is 3. The molecule has 166 valence electrons. The summed E-state index contributed by atoms with van der Waals surface area (Å²) in [5, 5.41) is 5.33. The number of hydrogen-bond donors (Lipinski definition) is 2. The summed E-state index contributed by atoms with van der Waals surface area (Å²) in [4.78, 5) is 37.8. The average Bonchev–Trinajstić information content (AvgIpc) is 2.70. The topological polar surface area (TPSA) is 97.0 Å². The molecule has 0 unspecified atom stereocenters. The number of nitrogens with one attached hydrogen (secondary N) is 2. The van der Waals surface area contributed by atoms with Crippen molar-refractivity contribution >= 4 is 17.9 Å². The zero-order valence-electron chi connectivity index (χ0n) is 18.3. The van der Waals surface area contributed by atoms with E-state index >= 15 is 0 Å². The molecule has 1 aromatic rings. The van der Waals surface area contributed by atoms with E-state index in [0.29, 0.717) is 25.9 Å². The zero-order valence-corrected chi connectivity index (χ0v) is 18.3. The third kappa shape index (κ3) is 7.93. The molecule has 1 saturated heterocycles. The van der Waals surface area contributed by atoms with Crippen molar-refractivity contribution in [3.8, 4) is 5.75 Å². The lowest BCUT2D eigenvalue weighted by Crippen LogP contribution is -2.49. The van der Waals surface area contributed by atoms with Crippen LogP contribution in [0.1, 0.15) is 46.1 Å². The number of aryl methyl sites for hydroxylation is 1. The van der Waals surface area contributed by atoms with E-state index in [1.54, 1.807) is 25.7 Å². The Morgan fingerprint density at radius 1 is 1.13 bits per heavy atom. The normalized spacial score (nSPS) is 14.7. The molecular formula is C22H33N3O5. The van der Waals surface area contributed by atoms with E-state index in [1.165, 1.54) is 0 Å². The van der Waals surface area contributed by atoms with Gasteiger partial charge in [0.2, 0.25) is 5.91 Å². The van der Waals surface area contributed by atoms with Gasteiger partial charge in [-0.3, -0.25) is 9.59 Å². The van der Waals surface area contributed by atoms with Crippen LogP contribution in [0.15, 0.2) is 24.3 Å². The minimum Gasteiger partial charge on any atom is -0.483 e. The second-order valence-electron chi connectivity index (χ2n) is 8.33. The van der Waals surface area contributed by atoms with Crippen LogP contribution in [0, 0.1) is 0 Å². The van der Waals surface area contributed by atoms with Crippen molar-refractivity contribution in [3.05, 3.63) is 29.8 Å². The molecule has 30 heavy (non-hydrogen) atoms. The third-order valence-electron chi connectivity index (χ3n) is 4.71. The molecule has 1 heterocycles. The standard InChI is InChI=1S/C22H33N3O5/c1-5-16-8-6-7-9-18(16)29-15-20(27)25-12-10-17(11-13-25)24-19(26)14-23-21(28)30-22(2,3)4/h6-9,17H,5,10-15H2,1-4H3,(H,23,28)(H,24,26). The van der Waals surface area contributed by atoms with Crippen LogP contribution in [0.3, 0.4) is 0 Å². The van der Waals surface area contributed by atoms with Crippen molar-refractivity contribution in [1.29, 1.82) is 0 Å². The summed E-state index contributed by atoms with van der Waals surface area (Å²) in [5.41, 5.74) is 0.467. The fraction of sp³-hybridized carbons (Fsp3) is 0.591. The number of nitrogens with zero attached hydrogens (tertiary/aromatic N) is 1. The van der Waals surface area contributed by atoms with Crippen LogP contribution in [-0.4, -0.2) is 60.7 Å². The smallest absolute Gasteiger partial charge is 0.408 e. The fourth-order valence-electron chi connectivity index (χ4n) is 3.19. The van der Waals surface area contributed by atoms with Gasteiger partial charge in [-0.05, 0) is 51.7 Å². The first-order chi connectivity index (χ1) is 14.2. The SMILES string of the molecule is CCc1ccccc1OCC(=O)N1CCC(NC(=O)CNC(=O)OC(C)(C)C)CC1. The summed E-state index contributed by atoms with van der Waals surface area (Å²) in [5.74, 6) is 0.412. The molecule has 0 radical (unpaired) electrons. The molecule has 1 aromatic carbocycles. The number of benzene rings is 1. The Morgan fingerprint density at radius 2 is 1.80 bits per heavy atom. The maximum absolute atomic E-state index is 12.4. The highest BCUT2D eigenvalue weighted by Gasteiger charge is 2.24. The largest absolute Gasteiger partial charge is 0.483 e. The summed E-state index contributed by atoms with van der Waals surface area (Å²) in [6.07, 6.45) is 1.55. The van der Waals surface area contributed by atoms with E-state index in [2.05, 4.69) is 10.6 Å². The van der Waals surface area contributed by atoms with Crippen LogP contribution in [0.2, 0.25) is 0 Å². The highest BCUT2D eigenvalue weighted by molar-refractivity contribution is 5.82. The Balaban J connectivity index is 1.68. The first-order valence-electron chi connectivity index (χ1n) is 10.4. The van der Waals surface area contributed by atoms with Gasteiger partial charge < -0.3 is 25.0 Å². The van der Waals surface area contributed by atoms with Gasteiger partial charge in [0.05, 0.1) is 0 Å². The van der Waals surface area contributed by atoms with Gasteiger partial charge in [0.15, 0.2) is 6.61 Å². The lowest BCUT2D eigenvalue weighted by molar-refractivity contribution is -0.134. The molecule has 1 fully saturated rings. The number of likely N-dealkylation sites (tertiary alicyclic amines) is 1. The van der Waals surface area contributed by atoms with Crippen LogP contribution in [-0.2, 0) is 20.7 Å². The maximum Gasteiger partial charge on any atom is 0.408 e. The molecule has 0 spiro atoms. The van der Waals surface area contributed by atoms with Gasteiger partial charge in [0.25, 0.3) is 5.91 Å². The molecule has 2 rings (SSSR count). The Bertz CT molecular complexity index is 737. The molecule has 1 aliphatic rings. The summed E-state index contributed by atoms with van der Waals surface area (Å²) in [6.45, 7) is 8.31. The van der Waals surface area contributed by atoms with E-state index in [4.69, 9.17) is 9.47 Å². The molecule has 1 aliphatic heterocycles. The van der Waals surface area contributed by atoms with Gasteiger partial charge in [-0.1, -0.05) is 25.1 Å². The monoisotopic (exact) mass is 419 g/mol. The van der Waals surface area contributed by atoms with Crippen LogP contribution >= 0.6 is 0 Å². The number of para-hydroxylation sites is 1. The van der Waals surface area contributed by atoms with Crippen molar-refractivity contribution in [1.82, 2.24) is 15.5 Å². The summed E-state index contributed by atoms with van der Waals surface area (Å²) >= 11 is 0. The van der Waals surface area contributed by atoms with E-state index in [0.717, 1.165) is 17.7 Å². The Hall–Kier alpha value is -2.77. The second kappa shape index (κ2) is 10.8. The zero-order chi connectivity index (χ0) is 22.1. The highest BCUT2D eigenvalue weighted by atomic mass is 16.6. The van der Waals surface area contributed by atoms with Gasteiger partial charge in [-0.15, -0.1) is 0 Å². The fourth-order valence-corrected chi connectivity index (χ4v) is 3.19. The summed E-state index contributed by atoms with van der Waals surface area (Å²) < 4.78 is 10.8. The van der Waals surface area contributed by atoms with Gasteiger partial charge in [0, 0.05) is 19.1 Å². The number of hydrogen-bond acceptors (Lipinski definition) is 5. The number of carbonyl (C=O) groups excluding carboxylic acids is 3. The molecule has 0 aliphatic carbocycles. The molecular weight excluding hydrogens is 386 g/mol. The first kappa shape index (κ1) is 23.5. The van der Waals surface area contributed by atoms with Crippen molar-refractivity contribution in [3.63, 3.8) is 0 Å². The lowest BCUT2D eigenvalue weighted by atomic mass is 10.0. The lowest BCUT2D eigenvalue weighted by Gasteiger charge is -2.32. The number of carbonyl (C=O) groups is 3. The van der Waals surface area contributed by atoms with Crippen molar-refractivity contribution in [2.75, 3.05) is 26.2 Å². The Labute approximate surface area is 178 Å². The quantitative estimate of drug-likeness (QED) is 0.707. The minimum atomic E-state index is -0.622. The van der Waals surface area contributed by atoms with Crippen molar-refractivity contribution < 1.29 is 23.9 Å². The van der Waals surface area contributed by atoms with Gasteiger partial charge in [-0.2, -0.15) is 0 Å². The average molecular weight is 420 g/mol. The molecule has 8 nitrogen and oxygen atoms in total.